The van der Waals surface area contributed by atoms with E-state index in [1.165, 1.54) is 0 Å². The molecule has 0 bridgehead atoms. The second-order valence-electron chi connectivity index (χ2n) is 7.73. The van der Waals surface area contributed by atoms with E-state index < -0.39 is 0 Å². The first-order valence-electron chi connectivity index (χ1n) is 9.93. The topological polar surface area (TPSA) is 100 Å². The summed E-state index contributed by atoms with van der Waals surface area (Å²) < 4.78 is 0. The Balaban J connectivity index is 1.63. The number of carbonyl (C=O) groups is 2. The molecule has 1 aliphatic heterocycles. The lowest BCUT2D eigenvalue weighted by atomic mass is 10.0. The lowest BCUT2D eigenvalue weighted by Gasteiger charge is -2.15. The predicted octanol–water partition coefficient (Wildman–Crippen LogP) is 4.85. The van der Waals surface area contributed by atoms with Crippen molar-refractivity contribution in [3.8, 4) is 0 Å². The van der Waals surface area contributed by atoms with Gasteiger partial charge in [-0.3, -0.25) is 9.59 Å². The first-order chi connectivity index (χ1) is 14.7. The van der Waals surface area contributed by atoms with Crippen LogP contribution in [-0.2, 0) is 4.79 Å². The minimum Gasteiger partial charge on any atom is -0.397 e. The van der Waals surface area contributed by atoms with E-state index in [0.29, 0.717) is 33.1 Å². The molecule has 3 aromatic rings. The second-order valence-corrected chi connectivity index (χ2v) is 8.16. The number of hydrogen-bond donors (Lipinski definition) is 4. The monoisotopic (exact) mass is 434 g/mol. The smallest absolute Gasteiger partial charge is 0.256 e. The predicted molar refractivity (Wildman–Crippen MR) is 125 cm³/mol. The Kier molecular flexibility index (Phi) is 5.33. The summed E-state index contributed by atoms with van der Waals surface area (Å²) in [4.78, 5) is 28.7. The molecule has 31 heavy (non-hydrogen) atoms. The number of carbonyl (C=O) groups excluding carboxylic acids is 2. The quantitative estimate of drug-likeness (QED) is 0.441. The largest absolute Gasteiger partial charge is 0.397 e. The fourth-order valence-electron chi connectivity index (χ4n) is 3.69. The first kappa shape index (κ1) is 20.8. The maximum Gasteiger partial charge on any atom is 0.256 e. The minimum atomic E-state index is -0.231. The van der Waals surface area contributed by atoms with Crippen LogP contribution in [-0.4, -0.2) is 16.8 Å². The summed E-state index contributed by atoms with van der Waals surface area (Å²) in [5.74, 6) is -0.449. The second kappa shape index (κ2) is 7.96. The molecule has 0 saturated heterocycles. The first-order valence-corrected chi connectivity index (χ1v) is 10.3. The van der Waals surface area contributed by atoms with Gasteiger partial charge in [-0.2, -0.15) is 0 Å². The molecule has 7 heteroatoms. The van der Waals surface area contributed by atoms with Crippen LogP contribution in [0.1, 0.15) is 51.4 Å². The number of anilines is 2. The molecule has 2 aromatic carbocycles. The lowest BCUT2D eigenvalue weighted by Crippen LogP contribution is -2.26. The van der Waals surface area contributed by atoms with Gasteiger partial charge in [0.05, 0.1) is 17.3 Å². The Hall–Kier alpha value is -3.51. The van der Waals surface area contributed by atoms with Crippen molar-refractivity contribution >= 4 is 46.4 Å². The van der Waals surface area contributed by atoms with Crippen LogP contribution >= 0.6 is 11.6 Å². The van der Waals surface area contributed by atoms with Gasteiger partial charge in [-0.15, -0.1) is 0 Å². The fourth-order valence-corrected chi connectivity index (χ4v) is 3.89. The number of amides is 2. The zero-order valence-corrected chi connectivity index (χ0v) is 18.2. The van der Waals surface area contributed by atoms with Crippen molar-refractivity contribution in [1.29, 1.82) is 0 Å². The average Bonchev–Trinajstić information content (AvgIpc) is 3.18. The number of hydrogen-bond acceptors (Lipinski definition) is 3. The molecule has 1 atom stereocenters. The van der Waals surface area contributed by atoms with Gasteiger partial charge in [-0.05, 0) is 68.3 Å². The number of fused-ring (bicyclic) bond motifs is 1. The van der Waals surface area contributed by atoms with E-state index in [-0.39, 0.29) is 17.9 Å². The summed E-state index contributed by atoms with van der Waals surface area (Å²) in [6.07, 6.45) is 1.77. The number of aromatic amines is 1. The molecule has 6 nitrogen and oxygen atoms in total. The standard InChI is InChI=1S/C24H23ClN4O2/c1-12-21(27-14(3)22(12)26)11-19-18-10-16(7-8-20(18)29-24(19)31)23(30)28-13(2)15-5-4-6-17(25)9-15/h4-11,13,27H,26H2,1-3H3,(H,28,30)(H,29,31). The van der Waals surface area contributed by atoms with Gasteiger partial charge in [0.2, 0.25) is 0 Å². The van der Waals surface area contributed by atoms with Gasteiger partial charge < -0.3 is 21.4 Å². The number of rotatable bonds is 4. The van der Waals surface area contributed by atoms with Gasteiger partial charge in [-0.25, -0.2) is 0 Å². The zero-order chi connectivity index (χ0) is 22.3. The molecule has 0 radical (unpaired) electrons. The van der Waals surface area contributed by atoms with Crippen molar-refractivity contribution in [2.75, 3.05) is 11.1 Å². The lowest BCUT2D eigenvalue weighted by molar-refractivity contribution is -0.110. The van der Waals surface area contributed by atoms with Crippen molar-refractivity contribution in [1.82, 2.24) is 10.3 Å². The fraction of sp³-hybridized carbons (Fsp3) is 0.167. The van der Waals surface area contributed by atoms with Gasteiger partial charge in [-0.1, -0.05) is 23.7 Å². The molecular weight excluding hydrogens is 412 g/mol. The van der Waals surface area contributed by atoms with E-state index in [1.807, 2.05) is 39.0 Å². The molecule has 1 aliphatic rings. The van der Waals surface area contributed by atoms with Gasteiger partial charge >= 0.3 is 0 Å². The van der Waals surface area contributed by atoms with Gasteiger partial charge in [0.15, 0.2) is 0 Å². The van der Waals surface area contributed by atoms with Crippen LogP contribution < -0.4 is 16.4 Å². The summed E-state index contributed by atoms with van der Waals surface area (Å²) in [6.45, 7) is 5.69. The van der Waals surface area contributed by atoms with Crippen LogP contribution in [0.25, 0.3) is 11.6 Å². The molecule has 0 fully saturated rings. The highest BCUT2D eigenvalue weighted by Gasteiger charge is 2.26. The summed E-state index contributed by atoms with van der Waals surface area (Å²) in [6, 6.07) is 12.3. The van der Waals surface area contributed by atoms with E-state index in [1.54, 1.807) is 30.3 Å². The van der Waals surface area contributed by atoms with Crippen LogP contribution in [0.4, 0.5) is 11.4 Å². The van der Waals surface area contributed by atoms with Crippen molar-refractivity contribution in [2.45, 2.75) is 26.8 Å². The Morgan fingerprint density at radius 2 is 1.97 bits per heavy atom. The van der Waals surface area contributed by atoms with Crippen LogP contribution in [0.5, 0.6) is 0 Å². The van der Waals surface area contributed by atoms with Crippen molar-refractivity contribution in [3.05, 3.63) is 81.1 Å². The highest BCUT2D eigenvalue weighted by Crippen LogP contribution is 2.35. The van der Waals surface area contributed by atoms with E-state index in [4.69, 9.17) is 17.3 Å². The Morgan fingerprint density at radius 3 is 2.65 bits per heavy atom. The van der Waals surface area contributed by atoms with Gasteiger partial charge in [0, 0.05) is 33.2 Å². The van der Waals surface area contributed by atoms with E-state index in [0.717, 1.165) is 22.5 Å². The van der Waals surface area contributed by atoms with Crippen LogP contribution in [0, 0.1) is 13.8 Å². The molecule has 1 aromatic heterocycles. The zero-order valence-electron chi connectivity index (χ0n) is 17.5. The number of nitrogen functional groups attached to an aromatic ring is 1. The molecule has 0 aliphatic carbocycles. The molecule has 4 rings (SSSR count). The average molecular weight is 435 g/mol. The van der Waals surface area contributed by atoms with Crippen LogP contribution in [0.15, 0.2) is 42.5 Å². The number of aromatic nitrogens is 1. The SMILES string of the molecule is Cc1[nH]c(C=C2C(=O)Nc3ccc(C(=O)NC(C)c4cccc(Cl)c4)cc32)c(C)c1N. The number of aryl methyl sites for hydroxylation is 1. The summed E-state index contributed by atoms with van der Waals surface area (Å²) >= 11 is 6.06. The van der Waals surface area contributed by atoms with E-state index in [2.05, 4.69) is 15.6 Å². The highest BCUT2D eigenvalue weighted by atomic mass is 35.5. The van der Waals surface area contributed by atoms with E-state index in [9.17, 15) is 9.59 Å². The Morgan fingerprint density at radius 1 is 1.19 bits per heavy atom. The molecule has 5 N–H and O–H groups in total. The minimum absolute atomic E-state index is 0.218. The molecule has 2 amide bonds. The summed E-state index contributed by atoms with van der Waals surface area (Å²) in [5.41, 5.74) is 12.5. The molecule has 2 heterocycles. The third kappa shape index (κ3) is 3.94. The molecular formula is C24H23ClN4O2. The third-order valence-corrected chi connectivity index (χ3v) is 5.82. The number of halogens is 1. The van der Waals surface area contributed by atoms with Crippen molar-refractivity contribution < 1.29 is 9.59 Å². The van der Waals surface area contributed by atoms with Crippen LogP contribution in [0.3, 0.4) is 0 Å². The summed E-state index contributed by atoms with van der Waals surface area (Å²) in [5, 5.41) is 6.45. The molecule has 1 unspecified atom stereocenters. The van der Waals surface area contributed by atoms with Crippen molar-refractivity contribution in [3.63, 3.8) is 0 Å². The number of nitrogens with one attached hydrogen (secondary N) is 3. The highest BCUT2D eigenvalue weighted by molar-refractivity contribution is 6.35. The number of benzene rings is 2. The maximum absolute atomic E-state index is 12.9. The Bertz CT molecular complexity index is 1240. The normalized spacial score (nSPS) is 15.0. The van der Waals surface area contributed by atoms with Gasteiger partial charge in [0.25, 0.3) is 11.8 Å². The molecule has 0 spiro atoms. The number of H-pyrrole nitrogens is 1. The number of nitrogens with two attached hydrogens (primary N) is 1. The van der Waals surface area contributed by atoms with Gasteiger partial charge in [0.1, 0.15) is 0 Å². The molecule has 0 saturated carbocycles. The van der Waals surface area contributed by atoms with Crippen LogP contribution in [0.2, 0.25) is 5.02 Å². The third-order valence-electron chi connectivity index (χ3n) is 5.58. The van der Waals surface area contributed by atoms with Crippen molar-refractivity contribution in [2.24, 2.45) is 0 Å². The maximum atomic E-state index is 12.9. The molecule has 158 valence electrons. The Labute approximate surface area is 185 Å². The summed E-state index contributed by atoms with van der Waals surface area (Å²) in [7, 11) is 0. The van der Waals surface area contributed by atoms with E-state index >= 15 is 0 Å².